The molecule has 0 saturated heterocycles. The first-order valence-electron chi connectivity index (χ1n) is 4.28. The molecule has 4 N–H and O–H groups in total. The van der Waals surface area contributed by atoms with Gasteiger partial charge in [0.15, 0.2) is 0 Å². The molecular weight excluding hydrogens is 148 g/mol. The maximum absolute atomic E-state index is 5.75. The van der Waals surface area contributed by atoms with E-state index in [2.05, 4.69) is 12.1 Å². The Hall–Kier alpha value is -0.860. The van der Waals surface area contributed by atoms with Crippen LogP contribution in [0.2, 0.25) is 0 Å². The molecule has 0 amide bonds. The zero-order valence-corrected chi connectivity index (χ0v) is 7.46. The standard InChI is InChI=1S/C10H16N2/c1-8(12)10-4-2-3-9(7-10)5-6-11/h2-4,7-8H,5-6,11-12H2,1H3/t8-/m0/s1. The van der Waals surface area contributed by atoms with Crippen LogP contribution in [0.25, 0.3) is 0 Å². The summed E-state index contributed by atoms with van der Waals surface area (Å²) in [5, 5.41) is 0. The molecule has 0 heterocycles. The van der Waals surface area contributed by atoms with Crippen LogP contribution in [0.3, 0.4) is 0 Å². The van der Waals surface area contributed by atoms with Crippen LogP contribution >= 0.6 is 0 Å². The van der Waals surface area contributed by atoms with Gasteiger partial charge < -0.3 is 11.5 Å². The minimum Gasteiger partial charge on any atom is -0.330 e. The Labute approximate surface area is 73.6 Å². The smallest absolute Gasteiger partial charge is 0.0266 e. The van der Waals surface area contributed by atoms with Gasteiger partial charge in [0.1, 0.15) is 0 Å². The van der Waals surface area contributed by atoms with Crippen molar-refractivity contribution in [2.24, 2.45) is 11.5 Å². The first-order chi connectivity index (χ1) is 5.74. The predicted octanol–water partition coefficient (Wildman–Crippen LogP) is 1.21. The van der Waals surface area contributed by atoms with Gasteiger partial charge in [-0.15, -0.1) is 0 Å². The highest BCUT2D eigenvalue weighted by Crippen LogP contribution is 2.11. The average Bonchev–Trinajstić information content (AvgIpc) is 2.05. The van der Waals surface area contributed by atoms with Gasteiger partial charge in [0.2, 0.25) is 0 Å². The summed E-state index contributed by atoms with van der Waals surface area (Å²) in [5.41, 5.74) is 13.7. The van der Waals surface area contributed by atoms with Crippen LogP contribution in [-0.4, -0.2) is 6.54 Å². The van der Waals surface area contributed by atoms with Gasteiger partial charge in [0.25, 0.3) is 0 Å². The van der Waals surface area contributed by atoms with Crippen molar-refractivity contribution in [1.29, 1.82) is 0 Å². The van der Waals surface area contributed by atoms with E-state index in [0.717, 1.165) is 6.42 Å². The number of nitrogens with two attached hydrogens (primary N) is 2. The van der Waals surface area contributed by atoms with E-state index in [1.807, 2.05) is 19.1 Å². The lowest BCUT2D eigenvalue weighted by Gasteiger charge is -2.06. The molecule has 1 aromatic rings. The molecule has 0 aliphatic carbocycles. The molecule has 0 bridgehead atoms. The quantitative estimate of drug-likeness (QED) is 0.705. The van der Waals surface area contributed by atoms with E-state index in [0.29, 0.717) is 6.54 Å². The summed E-state index contributed by atoms with van der Waals surface area (Å²) in [5.74, 6) is 0. The highest BCUT2D eigenvalue weighted by Gasteiger charge is 1.99. The van der Waals surface area contributed by atoms with Gasteiger partial charge in [-0.2, -0.15) is 0 Å². The molecule has 66 valence electrons. The van der Waals surface area contributed by atoms with Crippen LogP contribution in [0.4, 0.5) is 0 Å². The van der Waals surface area contributed by atoms with Crippen molar-refractivity contribution in [1.82, 2.24) is 0 Å². The fourth-order valence-corrected chi connectivity index (χ4v) is 1.20. The van der Waals surface area contributed by atoms with Crippen molar-refractivity contribution in [3.8, 4) is 0 Å². The summed E-state index contributed by atoms with van der Waals surface area (Å²) < 4.78 is 0. The molecule has 0 fully saturated rings. The first kappa shape index (κ1) is 9.23. The monoisotopic (exact) mass is 164 g/mol. The highest BCUT2D eigenvalue weighted by atomic mass is 14.6. The van der Waals surface area contributed by atoms with E-state index in [-0.39, 0.29) is 6.04 Å². The summed E-state index contributed by atoms with van der Waals surface area (Å²) in [7, 11) is 0. The van der Waals surface area contributed by atoms with Crippen LogP contribution < -0.4 is 11.5 Å². The molecule has 2 heteroatoms. The third kappa shape index (κ3) is 2.32. The number of hydrogen-bond acceptors (Lipinski definition) is 2. The van der Waals surface area contributed by atoms with Crippen molar-refractivity contribution in [3.63, 3.8) is 0 Å². The molecule has 0 aliphatic rings. The van der Waals surface area contributed by atoms with Gasteiger partial charge in [0.05, 0.1) is 0 Å². The minimum atomic E-state index is 0.114. The lowest BCUT2D eigenvalue weighted by molar-refractivity contribution is 0.813. The average molecular weight is 164 g/mol. The third-order valence-corrected chi connectivity index (χ3v) is 1.91. The van der Waals surface area contributed by atoms with Crippen LogP contribution in [-0.2, 0) is 6.42 Å². The lowest BCUT2D eigenvalue weighted by Crippen LogP contribution is -2.07. The maximum atomic E-state index is 5.75. The second kappa shape index (κ2) is 4.24. The molecule has 0 saturated carbocycles. The number of benzene rings is 1. The summed E-state index contributed by atoms with van der Waals surface area (Å²) >= 11 is 0. The molecule has 0 spiro atoms. The van der Waals surface area contributed by atoms with Crippen LogP contribution in [0.15, 0.2) is 24.3 Å². The second-order valence-corrected chi connectivity index (χ2v) is 3.07. The fourth-order valence-electron chi connectivity index (χ4n) is 1.20. The highest BCUT2D eigenvalue weighted by molar-refractivity contribution is 5.25. The normalized spacial score (nSPS) is 12.9. The Kier molecular flexibility index (Phi) is 3.26. The van der Waals surface area contributed by atoms with Crippen LogP contribution in [0.1, 0.15) is 24.1 Å². The topological polar surface area (TPSA) is 52.0 Å². The largest absolute Gasteiger partial charge is 0.330 e. The van der Waals surface area contributed by atoms with Gasteiger partial charge in [-0.1, -0.05) is 24.3 Å². The zero-order chi connectivity index (χ0) is 8.97. The van der Waals surface area contributed by atoms with E-state index in [9.17, 15) is 0 Å². The Bertz CT molecular complexity index is 243. The summed E-state index contributed by atoms with van der Waals surface area (Å²) in [6.07, 6.45) is 0.931. The molecule has 1 atom stereocenters. The zero-order valence-electron chi connectivity index (χ0n) is 7.46. The molecule has 0 radical (unpaired) electrons. The third-order valence-electron chi connectivity index (χ3n) is 1.91. The number of hydrogen-bond donors (Lipinski definition) is 2. The predicted molar refractivity (Wildman–Crippen MR) is 51.8 cm³/mol. The summed E-state index contributed by atoms with van der Waals surface area (Å²) in [6, 6.07) is 8.40. The Balaban J connectivity index is 2.81. The second-order valence-electron chi connectivity index (χ2n) is 3.07. The van der Waals surface area contributed by atoms with Gasteiger partial charge in [-0.3, -0.25) is 0 Å². The maximum Gasteiger partial charge on any atom is 0.0266 e. The van der Waals surface area contributed by atoms with Gasteiger partial charge in [0, 0.05) is 6.04 Å². The molecule has 2 nitrogen and oxygen atoms in total. The Morgan fingerprint density at radius 3 is 2.75 bits per heavy atom. The molecule has 12 heavy (non-hydrogen) atoms. The minimum absolute atomic E-state index is 0.114. The van der Waals surface area contributed by atoms with Gasteiger partial charge in [-0.25, -0.2) is 0 Å². The van der Waals surface area contributed by atoms with Gasteiger partial charge in [-0.05, 0) is 31.0 Å². The molecule has 0 aromatic heterocycles. The molecule has 1 aromatic carbocycles. The first-order valence-corrected chi connectivity index (χ1v) is 4.28. The van der Waals surface area contributed by atoms with E-state index in [1.165, 1.54) is 11.1 Å². The van der Waals surface area contributed by atoms with E-state index in [4.69, 9.17) is 11.5 Å². The van der Waals surface area contributed by atoms with Crippen molar-refractivity contribution < 1.29 is 0 Å². The Morgan fingerprint density at radius 2 is 2.17 bits per heavy atom. The summed E-state index contributed by atoms with van der Waals surface area (Å²) in [4.78, 5) is 0. The van der Waals surface area contributed by atoms with E-state index < -0.39 is 0 Å². The van der Waals surface area contributed by atoms with E-state index in [1.54, 1.807) is 0 Å². The fraction of sp³-hybridized carbons (Fsp3) is 0.400. The van der Waals surface area contributed by atoms with Crippen LogP contribution in [0.5, 0.6) is 0 Å². The molecule has 1 rings (SSSR count). The van der Waals surface area contributed by atoms with Crippen molar-refractivity contribution in [2.45, 2.75) is 19.4 Å². The number of rotatable bonds is 3. The Morgan fingerprint density at radius 1 is 1.42 bits per heavy atom. The summed E-state index contributed by atoms with van der Waals surface area (Å²) in [6.45, 7) is 2.68. The van der Waals surface area contributed by atoms with Crippen molar-refractivity contribution in [3.05, 3.63) is 35.4 Å². The molecular formula is C10H16N2. The SMILES string of the molecule is C[C@H](N)c1cccc(CCN)c1. The van der Waals surface area contributed by atoms with Gasteiger partial charge >= 0.3 is 0 Å². The molecule has 0 unspecified atom stereocenters. The lowest BCUT2D eigenvalue weighted by atomic mass is 10.0. The molecule has 0 aliphatic heterocycles. The van der Waals surface area contributed by atoms with Crippen LogP contribution in [0, 0.1) is 0 Å². The van der Waals surface area contributed by atoms with Crippen molar-refractivity contribution >= 4 is 0 Å². The van der Waals surface area contributed by atoms with Crippen molar-refractivity contribution in [2.75, 3.05) is 6.54 Å². The van der Waals surface area contributed by atoms with E-state index >= 15 is 0 Å².